The summed E-state index contributed by atoms with van der Waals surface area (Å²) in [5.74, 6) is -1.97. The number of rotatable bonds is 5. The molecule has 2 aliphatic carbocycles. The molecule has 37 heavy (non-hydrogen) atoms. The minimum atomic E-state index is -0.868. The highest BCUT2D eigenvalue weighted by atomic mass is 16.6. The van der Waals surface area contributed by atoms with Crippen molar-refractivity contribution < 1.29 is 33.6 Å². The van der Waals surface area contributed by atoms with Crippen molar-refractivity contribution in [1.29, 1.82) is 0 Å². The highest BCUT2D eigenvalue weighted by Gasteiger charge is 2.69. The zero-order chi connectivity index (χ0) is 26.5. The maximum absolute atomic E-state index is 13.1. The highest BCUT2D eigenvalue weighted by molar-refractivity contribution is 5.87. The molecule has 0 radical (unpaired) electrons. The van der Waals surface area contributed by atoms with Crippen LogP contribution in [0.4, 0.5) is 0 Å². The van der Waals surface area contributed by atoms with Crippen LogP contribution in [0.15, 0.2) is 54.8 Å². The van der Waals surface area contributed by atoms with Crippen LogP contribution >= 0.6 is 0 Å². The topological polar surface area (TPSA) is 107 Å². The van der Waals surface area contributed by atoms with Crippen LogP contribution in [0.25, 0.3) is 0 Å². The second-order valence-corrected chi connectivity index (χ2v) is 10.9. The van der Waals surface area contributed by atoms with Crippen LogP contribution in [-0.4, -0.2) is 65.3 Å². The van der Waals surface area contributed by atoms with Crippen LogP contribution in [0.1, 0.15) is 44.1 Å². The first-order valence-corrected chi connectivity index (χ1v) is 13.1. The summed E-state index contributed by atoms with van der Waals surface area (Å²) in [6.07, 6.45) is 7.51. The number of carbonyl (C=O) groups is 2. The number of hydrogen-bond acceptors (Lipinski definition) is 7. The highest BCUT2D eigenvalue weighted by Crippen LogP contribution is 2.61. The number of carbonyl (C=O) groups excluding carboxylic acids is 2. The van der Waals surface area contributed by atoms with E-state index in [1.165, 1.54) is 7.11 Å². The summed E-state index contributed by atoms with van der Waals surface area (Å²) in [5, 5.41) is 11.7. The van der Waals surface area contributed by atoms with E-state index in [1.54, 1.807) is 24.4 Å². The van der Waals surface area contributed by atoms with Gasteiger partial charge in [-0.15, -0.1) is 6.58 Å². The van der Waals surface area contributed by atoms with Gasteiger partial charge >= 0.3 is 11.9 Å². The van der Waals surface area contributed by atoms with Crippen molar-refractivity contribution in [1.82, 2.24) is 4.98 Å². The molecule has 3 heterocycles. The number of aromatic nitrogens is 1. The van der Waals surface area contributed by atoms with E-state index in [9.17, 15) is 14.7 Å². The van der Waals surface area contributed by atoms with Crippen LogP contribution in [-0.2, 0) is 23.7 Å². The molecule has 2 N–H and O–H groups in total. The van der Waals surface area contributed by atoms with Crippen LogP contribution in [0, 0.1) is 29.6 Å². The van der Waals surface area contributed by atoms with E-state index in [-0.39, 0.29) is 35.7 Å². The second-order valence-electron chi connectivity index (χ2n) is 10.9. The number of esters is 2. The van der Waals surface area contributed by atoms with Gasteiger partial charge in [0.05, 0.1) is 6.10 Å². The van der Waals surface area contributed by atoms with Gasteiger partial charge in [0, 0.05) is 49.3 Å². The molecule has 11 atom stereocenters. The predicted molar refractivity (Wildman–Crippen MR) is 135 cm³/mol. The summed E-state index contributed by atoms with van der Waals surface area (Å²) in [5.41, 5.74) is 0.471. The molecule has 0 amide bonds. The van der Waals surface area contributed by atoms with Gasteiger partial charge in [-0.3, -0.25) is 0 Å². The summed E-state index contributed by atoms with van der Waals surface area (Å²) in [4.78, 5) is 28.9. The molecule has 0 unspecified atom stereocenters. The van der Waals surface area contributed by atoms with Gasteiger partial charge in [-0.25, -0.2) is 9.59 Å². The fourth-order valence-electron chi connectivity index (χ4n) is 7.06. The average Bonchev–Trinajstić information content (AvgIpc) is 3.47. The first kappa shape index (κ1) is 25.9. The number of aliphatic hydroxyl groups excluding tert-OH is 1. The van der Waals surface area contributed by atoms with Gasteiger partial charge in [0.15, 0.2) is 6.10 Å². The Morgan fingerprint density at radius 1 is 1.35 bits per heavy atom. The summed E-state index contributed by atoms with van der Waals surface area (Å²) in [6, 6.07) is 3.40. The van der Waals surface area contributed by atoms with Gasteiger partial charge in [-0.1, -0.05) is 38.2 Å². The monoisotopic (exact) mass is 511 g/mol. The lowest BCUT2D eigenvalue weighted by atomic mass is 9.57. The molecule has 2 fully saturated rings. The van der Waals surface area contributed by atoms with Crippen molar-refractivity contribution in [3.05, 3.63) is 60.5 Å². The molecular formula is C29H37NO7. The molecule has 5 rings (SSSR count). The lowest BCUT2D eigenvalue weighted by Gasteiger charge is -2.48. The Balaban J connectivity index is 1.57. The van der Waals surface area contributed by atoms with Crippen molar-refractivity contribution in [2.45, 2.75) is 69.7 Å². The largest absolute Gasteiger partial charge is 0.460 e. The number of H-pyrrole nitrogens is 1. The third-order valence-corrected chi connectivity index (χ3v) is 8.94. The quantitative estimate of drug-likeness (QED) is 0.460. The van der Waals surface area contributed by atoms with Crippen molar-refractivity contribution in [2.75, 3.05) is 7.11 Å². The summed E-state index contributed by atoms with van der Waals surface area (Å²) in [6.45, 7) is 9.79. The van der Waals surface area contributed by atoms with E-state index in [2.05, 4.69) is 29.8 Å². The molecule has 4 aliphatic rings. The maximum Gasteiger partial charge on any atom is 0.355 e. The Morgan fingerprint density at radius 3 is 2.81 bits per heavy atom. The number of hydrogen-bond donors (Lipinski definition) is 2. The SMILES string of the molecule is C=CC[C@@H]1OC(=O)[C@@H](OC)C[C@H]2C=C[C@H]3[C@H]4O[C@]2(/C(C)=C/[C@H]1C)[C@@H]3[C@H](O)[C@@H](C)[C@H]4OC(=O)c1ccc[nH]1. The lowest BCUT2D eigenvalue weighted by molar-refractivity contribution is -0.166. The third-order valence-electron chi connectivity index (χ3n) is 8.94. The van der Waals surface area contributed by atoms with Crippen molar-refractivity contribution >= 4 is 11.9 Å². The van der Waals surface area contributed by atoms with Crippen LogP contribution in [0.2, 0.25) is 0 Å². The molecular weight excluding hydrogens is 474 g/mol. The van der Waals surface area contributed by atoms with Gasteiger partial charge in [-0.2, -0.15) is 0 Å². The summed E-state index contributed by atoms with van der Waals surface area (Å²) >= 11 is 0. The van der Waals surface area contributed by atoms with E-state index < -0.39 is 42.0 Å². The lowest BCUT2D eigenvalue weighted by Crippen LogP contribution is -2.57. The molecule has 8 heteroatoms. The molecule has 1 aromatic rings. The number of aliphatic hydroxyl groups is 1. The Bertz CT molecular complexity index is 1090. The molecule has 4 bridgehead atoms. The number of ether oxygens (including phenoxy) is 4. The molecule has 1 saturated heterocycles. The number of methoxy groups -OCH3 is 1. The number of aromatic amines is 1. The predicted octanol–water partition coefficient (Wildman–Crippen LogP) is 3.60. The molecule has 0 aromatic carbocycles. The molecule has 1 spiro atoms. The Labute approximate surface area is 217 Å². The third kappa shape index (κ3) is 4.10. The minimum absolute atomic E-state index is 0.114. The molecule has 8 nitrogen and oxygen atoms in total. The minimum Gasteiger partial charge on any atom is -0.460 e. The number of cyclic esters (lactones) is 1. The Kier molecular flexibility index (Phi) is 6.94. The maximum atomic E-state index is 13.1. The fraction of sp³-hybridized carbons (Fsp3) is 0.586. The van der Waals surface area contributed by atoms with Gasteiger partial charge < -0.3 is 29.0 Å². The first-order chi connectivity index (χ1) is 17.7. The van der Waals surface area contributed by atoms with Crippen molar-refractivity contribution in [2.24, 2.45) is 29.6 Å². The molecule has 2 aliphatic heterocycles. The van der Waals surface area contributed by atoms with E-state index in [1.807, 2.05) is 20.8 Å². The van der Waals surface area contributed by atoms with Crippen LogP contribution in [0.3, 0.4) is 0 Å². The van der Waals surface area contributed by atoms with E-state index >= 15 is 0 Å². The second kappa shape index (κ2) is 9.89. The molecule has 1 saturated carbocycles. The van der Waals surface area contributed by atoms with Gasteiger partial charge in [0.1, 0.15) is 29.6 Å². The van der Waals surface area contributed by atoms with Gasteiger partial charge in [0.25, 0.3) is 0 Å². The molecule has 200 valence electrons. The van der Waals surface area contributed by atoms with E-state index in [4.69, 9.17) is 18.9 Å². The fourth-order valence-corrected chi connectivity index (χ4v) is 7.06. The number of nitrogens with one attached hydrogen (secondary N) is 1. The first-order valence-electron chi connectivity index (χ1n) is 13.1. The Hall–Kier alpha value is -2.68. The smallest absolute Gasteiger partial charge is 0.355 e. The summed E-state index contributed by atoms with van der Waals surface area (Å²) in [7, 11) is 1.51. The van der Waals surface area contributed by atoms with Crippen LogP contribution in [0.5, 0.6) is 0 Å². The van der Waals surface area contributed by atoms with Crippen molar-refractivity contribution in [3.8, 4) is 0 Å². The zero-order valence-electron chi connectivity index (χ0n) is 21.8. The van der Waals surface area contributed by atoms with Crippen LogP contribution < -0.4 is 0 Å². The van der Waals surface area contributed by atoms with Gasteiger partial charge in [0.2, 0.25) is 0 Å². The normalized spacial score (nSPS) is 44.2. The zero-order valence-corrected chi connectivity index (χ0v) is 21.8. The molecule has 1 aromatic heterocycles. The van der Waals surface area contributed by atoms with Gasteiger partial charge in [-0.05, 0) is 31.1 Å². The van der Waals surface area contributed by atoms with E-state index in [0.29, 0.717) is 18.5 Å². The Morgan fingerprint density at radius 2 is 2.14 bits per heavy atom. The van der Waals surface area contributed by atoms with Crippen molar-refractivity contribution in [3.63, 3.8) is 0 Å². The average molecular weight is 512 g/mol. The summed E-state index contributed by atoms with van der Waals surface area (Å²) < 4.78 is 24.4. The standard InChI is InChI=1S/C29H37NO7/c1-6-8-21-15(2)13-16(3)29-18(14-22(34-5)28(33)35-21)10-11-19-23(29)24(31)17(4)25(26(19)37-29)36-27(32)20-9-7-12-30-20/h6-7,9-13,15,17-19,21-26,30-31H,1,8,14H2,2-5H3/b16-13+/t15-,17-,18-,19-,21+,22+,23+,24-,25-,26-,29+/m1/s1. The van der Waals surface area contributed by atoms with E-state index in [0.717, 1.165) is 5.57 Å².